The van der Waals surface area contributed by atoms with Crippen LogP contribution in [0.15, 0.2) is 30.6 Å². The van der Waals surface area contributed by atoms with Gasteiger partial charge in [0.05, 0.1) is 7.11 Å². The van der Waals surface area contributed by atoms with Crippen molar-refractivity contribution in [3.05, 3.63) is 42.0 Å². The van der Waals surface area contributed by atoms with E-state index in [4.69, 9.17) is 4.74 Å². The molecular formula is C17H21FN4O. The van der Waals surface area contributed by atoms with Crippen LogP contribution in [-0.2, 0) is 6.42 Å². The van der Waals surface area contributed by atoms with Gasteiger partial charge in [-0.2, -0.15) is 0 Å². The van der Waals surface area contributed by atoms with Crippen LogP contribution in [0.5, 0.6) is 5.75 Å². The average molecular weight is 316 g/mol. The topological polar surface area (TPSA) is 50.3 Å². The first-order chi connectivity index (χ1) is 11.3. The maximum Gasteiger partial charge on any atom is 0.165 e. The van der Waals surface area contributed by atoms with Crippen molar-refractivity contribution in [1.29, 1.82) is 0 Å². The van der Waals surface area contributed by atoms with E-state index in [0.29, 0.717) is 13.0 Å². The molecule has 0 unspecified atom stereocenters. The third-order valence-corrected chi connectivity index (χ3v) is 4.02. The van der Waals surface area contributed by atoms with Crippen LogP contribution in [0.25, 0.3) is 0 Å². The Hall–Kier alpha value is -2.37. The minimum atomic E-state index is -0.330. The monoisotopic (exact) mass is 316 g/mol. The molecule has 5 nitrogen and oxygen atoms in total. The summed E-state index contributed by atoms with van der Waals surface area (Å²) < 4.78 is 18.6. The minimum Gasteiger partial charge on any atom is -0.494 e. The molecular weight excluding hydrogens is 295 g/mol. The summed E-state index contributed by atoms with van der Waals surface area (Å²) in [5, 5.41) is 3.27. The van der Waals surface area contributed by atoms with Crippen molar-refractivity contribution in [3.8, 4) is 5.75 Å². The summed E-state index contributed by atoms with van der Waals surface area (Å²) in [6.07, 6.45) is 4.73. The Kier molecular flexibility index (Phi) is 4.90. The van der Waals surface area contributed by atoms with Gasteiger partial charge in [-0.3, -0.25) is 0 Å². The highest BCUT2D eigenvalue weighted by Crippen LogP contribution is 2.20. The molecule has 1 aromatic carbocycles. The zero-order valence-corrected chi connectivity index (χ0v) is 13.3. The third-order valence-electron chi connectivity index (χ3n) is 4.02. The lowest BCUT2D eigenvalue weighted by atomic mass is 10.1. The number of rotatable bonds is 6. The fraction of sp³-hybridized carbons (Fsp3) is 0.412. The van der Waals surface area contributed by atoms with Crippen LogP contribution in [0.4, 0.5) is 16.0 Å². The Balaban J connectivity index is 1.56. The molecule has 1 aromatic heterocycles. The Labute approximate surface area is 135 Å². The van der Waals surface area contributed by atoms with E-state index in [0.717, 1.165) is 30.3 Å². The van der Waals surface area contributed by atoms with Gasteiger partial charge in [0.1, 0.15) is 18.0 Å². The number of benzene rings is 1. The molecule has 23 heavy (non-hydrogen) atoms. The number of aromatic nitrogens is 2. The zero-order chi connectivity index (χ0) is 16.1. The van der Waals surface area contributed by atoms with Gasteiger partial charge in [-0.25, -0.2) is 14.4 Å². The van der Waals surface area contributed by atoms with Crippen LogP contribution in [0.2, 0.25) is 0 Å². The molecule has 1 saturated heterocycles. The molecule has 0 atom stereocenters. The maximum atomic E-state index is 13.7. The van der Waals surface area contributed by atoms with Crippen molar-refractivity contribution in [2.45, 2.75) is 19.3 Å². The van der Waals surface area contributed by atoms with Gasteiger partial charge in [0.25, 0.3) is 0 Å². The minimum absolute atomic E-state index is 0.271. The first-order valence-corrected chi connectivity index (χ1v) is 7.89. The number of hydrogen-bond acceptors (Lipinski definition) is 5. The highest BCUT2D eigenvalue weighted by atomic mass is 19.1. The van der Waals surface area contributed by atoms with Gasteiger partial charge >= 0.3 is 0 Å². The number of ether oxygens (including phenoxy) is 1. The molecule has 2 heterocycles. The summed E-state index contributed by atoms with van der Waals surface area (Å²) in [4.78, 5) is 10.8. The summed E-state index contributed by atoms with van der Waals surface area (Å²) in [6, 6.07) is 7.01. The molecule has 6 heteroatoms. The molecule has 1 fully saturated rings. The van der Waals surface area contributed by atoms with Crippen LogP contribution >= 0.6 is 0 Å². The number of halogens is 1. The second kappa shape index (κ2) is 7.26. The number of nitrogens with zero attached hydrogens (tertiary/aromatic N) is 3. The van der Waals surface area contributed by atoms with Crippen molar-refractivity contribution in [2.75, 3.05) is 37.0 Å². The third kappa shape index (κ3) is 3.88. The Morgan fingerprint density at radius 3 is 2.78 bits per heavy atom. The van der Waals surface area contributed by atoms with E-state index in [2.05, 4.69) is 20.2 Å². The quantitative estimate of drug-likeness (QED) is 0.888. The van der Waals surface area contributed by atoms with E-state index in [1.165, 1.54) is 26.0 Å². The van der Waals surface area contributed by atoms with Gasteiger partial charge in [-0.15, -0.1) is 0 Å². The van der Waals surface area contributed by atoms with E-state index < -0.39 is 0 Å². The summed E-state index contributed by atoms with van der Waals surface area (Å²) in [5.41, 5.74) is 0.921. The number of nitrogens with one attached hydrogen (secondary N) is 1. The summed E-state index contributed by atoms with van der Waals surface area (Å²) in [5.74, 6) is 1.71. The van der Waals surface area contributed by atoms with Crippen molar-refractivity contribution in [1.82, 2.24) is 9.97 Å². The van der Waals surface area contributed by atoms with Crippen molar-refractivity contribution >= 4 is 11.6 Å². The molecule has 1 N–H and O–H groups in total. The Morgan fingerprint density at radius 1 is 1.22 bits per heavy atom. The lowest BCUT2D eigenvalue weighted by molar-refractivity contribution is 0.386. The molecule has 3 rings (SSSR count). The lowest BCUT2D eigenvalue weighted by Crippen LogP contribution is -2.19. The highest BCUT2D eigenvalue weighted by Gasteiger charge is 2.13. The molecule has 0 aliphatic carbocycles. The molecule has 1 aliphatic rings. The average Bonchev–Trinajstić information content (AvgIpc) is 3.10. The predicted octanol–water partition coefficient (Wildman–Crippen LogP) is 2.88. The molecule has 0 bridgehead atoms. The van der Waals surface area contributed by atoms with E-state index in [9.17, 15) is 4.39 Å². The molecule has 0 saturated carbocycles. The SMILES string of the molecule is COc1ccc(CCNc2cc(N3CCCC3)ncn2)cc1F. The molecule has 122 valence electrons. The first-order valence-electron chi connectivity index (χ1n) is 7.89. The highest BCUT2D eigenvalue weighted by molar-refractivity contribution is 5.49. The number of hydrogen-bond donors (Lipinski definition) is 1. The normalized spacial score (nSPS) is 14.1. The first kappa shape index (κ1) is 15.5. The second-order valence-electron chi connectivity index (χ2n) is 5.60. The largest absolute Gasteiger partial charge is 0.494 e. The molecule has 0 amide bonds. The van der Waals surface area contributed by atoms with E-state index in [-0.39, 0.29) is 11.6 Å². The standard InChI is InChI=1S/C17H21FN4O/c1-23-15-5-4-13(10-14(15)18)6-7-19-16-11-17(21-12-20-16)22-8-2-3-9-22/h4-5,10-12H,2-3,6-9H2,1H3,(H,19,20,21). The fourth-order valence-corrected chi connectivity index (χ4v) is 2.76. The summed E-state index contributed by atoms with van der Waals surface area (Å²) in [7, 11) is 1.46. The van der Waals surface area contributed by atoms with E-state index in [1.807, 2.05) is 12.1 Å². The van der Waals surface area contributed by atoms with Gasteiger partial charge in [-0.1, -0.05) is 6.07 Å². The van der Waals surface area contributed by atoms with Gasteiger partial charge in [0.2, 0.25) is 0 Å². The van der Waals surface area contributed by atoms with Crippen molar-refractivity contribution < 1.29 is 9.13 Å². The molecule has 1 aliphatic heterocycles. The van der Waals surface area contributed by atoms with Gasteiger partial charge in [-0.05, 0) is 37.0 Å². The van der Waals surface area contributed by atoms with Crippen molar-refractivity contribution in [3.63, 3.8) is 0 Å². The lowest BCUT2D eigenvalue weighted by Gasteiger charge is -2.16. The molecule has 2 aromatic rings. The van der Waals surface area contributed by atoms with Gasteiger partial charge < -0.3 is 15.0 Å². The molecule has 0 spiro atoms. The molecule has 0 radical (unpaired) electrons. The Bertz CT molecular complexity index is 659. The van der Waals surface area contributed by atoms with Crippen LogP contribution in [0.3, 0.4) is 0 Å². The van der Waals surface area contributed by atoms with Crippen LogP contribution < -0.4 is 15.0 Å². The van der Waals surface area contributed by atoms with Crippen LogP contribution in [-0.4, -0.2) is 36.7 Å². The van der Waals surface area contributed by atoms with E-state index >= 15 is 0 Å². The van der Waals surface area contributed by atoms with Crippen LogP contribution in [0, 0.1) is 5.82 Å². The number of methoxy groups -OCH3 is 1. The zero-order valence-electron chi connectivity index (χ0n) is 13.3. The summed E-state index contributed by atoms with van der Waals surface area (Å²) >= 11 is 0. The maximum absolute atomic E-state index is 13.7. The van der Waals surface area contributed by atoms with Gasteiger partial charge in [0, 0.05) is 25.7 Å². The smallest absolute Gasteiger partial charge is 0.165 e. The van der Waals surface area contributed by atoms with Gasteiger partial charge in [0.15, 0.2) is 11.6 Å². The second-order valence-corrected chi connectivity index (χ2v) is 5.60. The van der Waals surface area contributed by atoms with E-state index in [1.54, 1.807) is 12.4 Å². The summed E-state index contributed by atoms with van der Waals surface area (Å²) in [6.45, 7) is 2.80. The van der Waals surface area contributed by atoms with Crippen LogP contribution in [0.1, 0.15) is 18.4 Å². The fourth-order valence-electron chi connectivity index (χ4n) is 2.76. The van der Waals surface area contributed by atoms with Crippen molar-refractivity contribution in [2.24, 2.45) is 0 Å². The predicted molar refractivity (Wildman–Crippen MR) is 88.6 cm³/mol. The number of anilines is 2. The Morgan fingerprint density at radius 2 is 2.04 bits per heavy atom.